The molecule has 8 nitrogen and oxygen atoms in total. The molecular weight excluding hydrogens is 452 g/mol. The highest BCUT2D eigenvalue weighted by Gasteiger charge is 2.30. The minimum absolute atomic E-state index is 0.0483. The van der Waals surface area contributed by atoms with Crippen LogP contribution >= 0.6 is 11.6 Å². The number of nitrogens with one attached hydrogen (secondary N) is 1. The number of carbonyl (C=O) groups is 1. The van der Waals surface area contributed by atoms with E-state index in [1.807, 2.05) is 41.8 Å². The zero-order valence-corrected chi connectivity index (χ0v) is 19.1. The van der Waals surface area contributed by atoms with Crippen molar-refractivity contribution in [3.63, 3.8) is 0 Å². The van der Waals surface area contributed by atoms with Crippen molar-refractivity contribution in [3.05, 3.63) is 100 Å². The number of aryl methyl sites for hydroxylation is 1. The highest BCUT2D eigenvalue weighted by atomic mass is 35.5. The third-order valence-electron chi connectivity index (χ3n) is 5.60. The number of amides is 1. The van der Waals surface area contributed by atoms with E-state index in [9.17, 15) is 9.90 Å². The molecular formula is C25H21ClN6O2. The molecule has 2 aromatic carbocycles. The summed E-state index contributed by atoms with van der Waals surface area (Å²) in [4.78, 5) is 22.1. The molecule has 1 amide bonds. The number of pyridine rings is 1. The van der Waals surface area contributed by atoms with Crippen LogP contribution in [0.5, 0.6) is 0 Å². The molecule has 2 N–H and O–H groups in total. The van der Waals surface area contributed by atoms with Crippen molar-refractivity contribution in [3.8, 4) is 5.69 Å². The lowest BCUT2D eigenvalue weighted by Gasteiger charge is -2.14. The van der Waals surface area contributed by atoms with Crippen molar-refractivity contribution < 1.29 is 9.90 Å². The van der Waals surface area contributed by atoms with Gasteiger partial charge in [0.2, 0.25) is 5.91 Å². The Morgan fingerprint density at radius 2 is 1.94 bits per heavy atom. The summed E-state index contributed by atoms with van der Waals surface area (Å²) >= 11 is 6.13. The first-order valence-corrected chi connectivity index (χ1v) is 11.1. The number of carbonyl (C=O) groups excluding carboxylic acids is 1. The Morgan fingerprint density at radius 1 is 1.12 bits per heavy atom. The Bertz CT molecular complexity index is 1380. The largest absolute Gasteiger partial charge is 0.392 e. The number of aromatic nitrogens is 4. The van der Waals surface area contributed by atoms with Gasteiger partial charge in [-0.25, -0.2) is 4.98 Å². The lowest BCUT2D eigenvalue weighted by Crippen LogP contribution is -2.17. The SMILES string of the molecule is Cc1nnc2n1-c1ccc(CO)cc1C(c1ccc(Cl)cc1)=N[C@H]2CC(=O)Nc1ccccn1. The molecule has 0 spiro atoms. The van der Waals surface area contributed by atoms with Gasteiger partial charge in [-0.1, -0.05) is 35.9 Å². The van der Waals surface area contributed by atoms with Gasteiger partial charge in [-0.15, -0.1) is 10.2 Å². The first-order chi connectivity index (χ1) is 16.5. The molecule has 5 rings (SSSR count). The minimum atomic E-state index is -0.597. The summed E-state index contributed by atoms with van der Waals surface area (Å²) < 4.78 is 1.92. The molecule has 1 atom stereocenters. The number of fused-ring (bicyclic) bond motifs is 3. The zero-order valence-electron chi connectivity index (χ0n) is 18.3. The minimum Gasteiger partial charge on any atom is -0.392 e. The Morgan fingerprint density at radius 3 is 2.68 bits per heavy atom. The van der Waals surface area contributed by atoms with E-state index in [0.717, 1.165) is 22.4 Å². The van der Waals surface area contributed by atoms with Gasteiger partial charge in [0.05, 0.1) is 24.4 Å². The predicted molar refractivity (Wildman–Crippen MR) is 129 cm³/mol. The molecule has 9 heteroatoms. The fourth-order valence-electron chi connectivity index (χ4n) is 4.02. The highest BCUT2D eigenvalue weighted by Crippen LogP contribution is 2.33. The van der Waals surface area contributed by atoms with E-state index < -0.39 is 6.04 Å². The molecule has 2 aromatic heterocycles. The molecule has 170 valence electrons. The standard InChI is InChI=1S/C25H21ClN6O2/c1-15-30-31-25-20(13-23(34)29-22-4-2-3-11-27-22)28-24(17-6-8-18(26)9-7-17)19-12-16(14-33)5-10-21(19)32(15)25/h2-12,20,33H,13-14H2,1H3,(H,27,29,34)/t20-/m0/s1. The van der Waals surface area contributed by atoms with Gasteiger partial charge in [0.15, 0.2) is 5.82 Å². The maximum absolute atomic E-state index is 12.9. The number of anilines is 1. The van der Waals surface area contributed by atoms with Crippen LogP contribution in [0.4, 0.5) is 5.82 Å². The summed E-state index contributed by atoms with van der Waals surface area (Å²) in [5, 5.41) is 21.9. The van der Waals surface area contributed by atoms with E-state index in [2.05, 4.69) is 20.5 Å². The summed E-state index contributed by atoms with van der Waals surface area (Å²) in [6, 6.07) is 17.8. The molecule has 0 saturated carbocycles. The van der Waals surface area contributed by atoms with Crippen molar-refractivity contribution in [1.29, 1.82) is 0 Å². The number of nitrogens with zero attached hydrogens (tertiary/aromatic N) is 5. The normalized spacial score (nSPS) is 14.6. The van der Waals surface area contributed by atoms with Crippen molar-refractivity contribution in [2.24, 2.45) is 4.99 Å². The molecule has 0 saturated heterocycles. The molecule has 0 radical (unpaired) electrons. The first kappa shape index (κ1) is 21.9. The van der Waals surface area contributed by atoms with E-state index >= 15 is 0 Å². The quantitative estimate of drug-likeness (QED) is 0.456. The molecule has 1 aliphatic heterocycles. The molecule has 1 aliphatic rings. The Hall–Kier alpha value is -3.88. The third-order valence-corrected chi connectivity index (χ3v) is 5.85. The summed E-state index contributed by atoms with van der Waals surface area (Å²) in [7, 11) is 0. The lowest BCUT2D eigenvalue weighted by molar-refractivity contribution is -0.116. The van der Waals surface area contributed by atoms with Crippen LogP contribution in [0.2, 0.25) is 5.02 Å². The summed E-state index contributed by atoms with van der Waals surface area (Å²) in [6.07, 6.45) is 1.67. The van der Waals surface area contributed by atoms with E-state index in [4.69, 9.17) is 16.6 Å². The van der Waals surface area contributed by atoms with E-state index in [1.165, 1.54) is 0 Å². The van der Waals surface area contributed by atoms with E-state index in [-0.39, 0.29) is 18.9 Å². The molecule has 0 unspecified atom stereocenters. The van der Waals surface area contributed by atoms with Gasteiger partial charge in [-0.2, -0.15) is 0 Å². The number of hydrogen-bond donors (Lipinski definition) is 2. The van der Waals surface area contributed by atoms with Crippen LogP contribution < -0.4 is 5.32 Å². The van der Waals surface area contributed by atoms with Gasteiger partial charge < -0.3 is 10.4 Å². The molecule has 0 bridgehead atoms. The van der Waals surface area contributed by atoms with Gasteiger partial charge in [0, 0.05) is 22.3 Å². The molecule has 0 fully saturated rings. The summed E-state index contributed by atoms with van der Waals surface area (Å²) in [6.45, 7) is 1.75. The van der Waals surface area contributed by atoms with Crippen molar-refractivity contribution in [2.45, 2.75) is 26.0 Å². The second kappa shape index (κ2) is 9.17. The number of aliphatic imine (C=N–C) groups is 1. The van der Waals surface area contributed by atoms with Crippen LogP contribution in [0.1, 0.15) is 40.8 Å². The Labute approximate surface area is 201 Å². The second-order valence-corrected chi connectivity index (χ2v) is 8.35. The lowest BCUT2D eigenvalue weighted by atomic mass is 9.98. The van der Waals surface area contributed by atoms with E-state index in [0.29, 0.717) is 28.2 Å². The number of rotatable bonds is 5. The van der Waals surface area contributed by atoms with Crippen LogP contribution in [-0.4, -0.2) is 36.5 Å². The number of halogens is 1. The van der Waals surface area contributed by atoms with Crippen molar-refractivity contribution >= 4 is 29.0 Å². The Balaban J connectivity index is 1.64. The molecule has 0 aliphatic carbocycles. The maximum atomic E-state index is 12.9. The first-order valence-electron chi connectivity index (χ1n) is 10.7. The zero-order chi connectivity index (χ0) is 23.7. The smallest absolute Gasteiger partial charge is 0.228 e. The van der Waals surface area contributed by atoms with Crippen LogP contribution in [-0.2, 0) is 11.4 Å². The maximum Gasteiger partial charge on any atom is 0.228 e. The summed E-state index contributed by atoms with van der Waals surface area (Å²) in [5.41, 5.74) is 3.91. The highest BCUT2D eigenvalue weighted by molar-refractivity contribution is 6.30. The monoisotopic (exact) mass is 472 g/mol. The van der Waals surface area contributed by atoms with Crippen LogP contribution in [0.25, 0.3) is 5.69 Å². The molecule has 3 heterocycles. The fraction of sp³-hybridized carbons (Fsp3) is 0.160. The van der Waals surface area contributed by atoms with Gasteiger partial charge in [0.1, 0.15) is 17.7 Å². The van der Waals surface area contributed by atoms with Crippen LogP contribution in [0.3, 0.4) is 0 Å². The van der Waals surface area contributed by atoms with Gasteiger partial charge in [-0.3, -0.25) is 14.4 Å². The van der Waals surface area contributed by atoms with Crippen molar-refractivity contribution in [2.75, 3.05) is 5.32 Å². The molecule has 34 heavy (non-hydrogen) atoms. The fourth-order valence-corrected chi connectivity index (χ4v) is 4.15. The summed E-state index contributed by atoms with van der Waals surface area (Å²) in [5.74, 6) is 1.47. The number of aliphatic hydroxyl groups excluding tert-OH is 1. The van der Waals surface area contributed by atoms with Gasteiger partial charge in [-0.05, 0) is 48.9 Å². The second-order valence-electron chi connectivity index (χ2n) is 7.92. The topological polar surface area (TPSA) is 105 Å². The van der Waals surface area contributed by atoms with Gasteiger partial charge in [0.25, 0.3) is 0 Å². The van der Waals surface area contributed by atoms with Crippen LogP contribution in [0, 0.1) is 6.92 Å². The number of hydrogen-bond acceptors (Lipinski definition) is 6. The third kappa shape index (κ3) is 4.21. The molecule has 4 aromatic rings. The number of benzene rings is 2. The van der Waals surface area contributed by atoms with Crippen molar-refractivity contribution in [1.82, 2.24) is 19.7 Å². The van der Waals surface area contributed by atoms with Crippen LogP contribution in [0.15, 0.2) is 71.9 Å². The average molecular weight is 473 g/mol. The average Bonchev–Trinajstić information content (AvgIpc) is 3.17. The van der Waals surface area contributed by atoms with Gasteiger partial charge >= 0.3 is 0 Å². The predicted octanol–water partition coefficient (Wildman–Crippen LogP) is 4.04. The number of aliphatic hydroxyl groups is 1. The Kier molecular flexibility index (Phi) is 5.91. The van der Waals surface area contributed by atoms with E-state index in [1.54, 1.807) is 36.5 Å².